The maximum atomic E-state index is 12.8. The van der Waals surface area contributed by atoms with Crippen LogP contribution in [0.3, 0.4) is 0 Å². The Morgan fingerprint density at radius 3 is 2.27 bits per heavy atom. The van der Waals surface area contributed by atoms with E-state index >= 15 is 0 Å². The van der Waals surface area contributed by atoms with Gasteiger partial charge in [0.2, 0.25) is 10.0 Å². The predicted molar refractivity (Wildman–Crippen MR) is 131 cm³/mol. The minimum atomic E-state index is -3.24. The van der Waals surface area contributed by atoms with Crippen molar-refractivity contribution in [2.75, 3.05) is 56.5 Å². The molecule has 0 aromatic heterocycles. The van der Waals surface area contributed by atoms with Gasteiger partial charge in [0.25, 0.3) is 0 Å². The van der Waals surface area contributed by atoms with E-state index in [-0.39, 0.29) is 23.7 Å². The Kier molecular flexibility index (Phi) is 7.36. The fourth-order valence-corrected chi connectivity index (χ4v) is 7.23. The summed E-state index contributed by atoms with van der Waals surface area (Å²) in [6.07, 6.45) is 2.69. The van der Waals surface area contributed by atoms with Crippen LogP contribution in [0.4, 0.5) is 5.69 Å². The van der Waals surface area contributed by atoms with Gasteiger partial charge in [0.1, 0.15) is 6.10 Å². The molecule has 0 radical (unpaired) electrons. The van der Waals surface area contributed by atoms with Crippen molar-refractivity contribution < 1.29 is 17.9 Å². The van der Waals surface area contributed by atoms with E-state index in [9.17, 15) is 13.2 Å². The second kappa shape index (κ2) is 9.92. The number of esters is 1. The van der Waals surface area contributed by atoms with Crippen molar-refractivity contribution in [3.05, 3.63) is 29.8 Å². The number of anilines is 1. The van der Waals surface area contributed by atoms with Gasteiger partial charge < -0.3 is 9.64 Å². The quantitative estimate of drug-likeness (QED) is 0.563. The Bertz CT molecular complexity index is 915. The highest BCUT2D eigenvalue weighted by Gasteiger charge is 2.51. The number of aryl methyl sites for hydroxylation is 1. The number of benzene rings is 1. The number of cyclic esters (lactones) is 1. The summed E-state index contributed by atoms with van der Waals surface area (Å²) in [5, 5.41) is 0. The molecule has 3 fully saturated rings. The molecule has 184 valence electrons. The molecule has 0 N–H and O–H groups in total. The van der Waals surface area contributed by atoms with Crippen LogP contribution in [0.1, 0.15) is 45.1 Å². The van der Waals surface area contributed by atoms with E-state index in [4.69, 9.17) is 4.74 Å². The minimum absolute atomic E-state index is 0.0496. The average Bonchev–Trinajstić information content (AvgIpc) is 3.07. The van der Waals surface area contributed by atoms with Gasteiger partial charge in [-0.3, -0.25) is 9.69 Å². The van der Waals surface area contributed by atoms with Gasteiger partial charge in [-0.15, -0.1) is 0 Å². The standard InChI is InChI=1S/C25H39N3O4S/c1-20(2)19-33(30,31)28-12-9-25(10-13-28)18-23(32-24(25)29)8-11-26-14-16-27(17-15-26)22-6-4-21(3)5-7-22/h4-7,20,23H,8-19H2,1-3H3. The number of carbonyl (C=O) groups excluding carboxylic acids is 1. The van der Waals surface area contributed by atoms with Gasteiger partial charge in [-0.2, -0.15) is 0 Å². The third kappa shape index (κ3) is 5.72. The number of piperazine rings is 1. The van der Waals surface area contributed by atoms with Crippen molar-refractivity contribution in [3.8, 4) is 0 Å². The van der Waals surface area contributed by atoms with Gasteiger partial charge in [0.15, 0.2) is 0 Å². The minimum Gasteiger partial charge on any atom is -0.462 e. The Labute approximate surface area is 199 Å². The summed E-state index contributed by atoms with van der Waals surface area (Å²) in [5.41, 5.74) is 2.08. The van der Waals surface area contributed by atoms with Crippen LogP contribution in [0.5, 0.6) is 0 Å². The molecule has 1 aromatic carbocycles. The molecule has 3 heterocycles. The summed E-state index contributed by atoms with van der Waals surface area (Å²) < 4.78 is 32.5. The van der Waals surface area contributed by atoms with Crippen LogP contribution in [0, 0.1) is 18.3 Å². The first-order valence-corrected chi connectivity index (χ1v) is 14.0. The van der Waals surface area contributed by atoms with E-state index in [1.165, 1.54) is 11.3 Å². The summed E-state index contributed by atoms with van der Waals surface area (Å²) >= 11 is 0. The molecule has 4 rings (SSSR count). The zero-order valence-electron chi connectivity index (χ0n) is 20.3. The second-order valence-electron chi connectivity index (χ2n) is 10.5. The van der Waals surface area contributed by atoms with E-state index < -0.39 is 15.4 Å². The Morgan fingerprint density at radius 2 is 1.67 bits per heavy atom. The molecule has 0 amide bonds. The lowest BCUT2D eigenvalue weighted by atomic mass is 9.76. The van der Waals surface area contributed by atoms with Crippen molar-refractivity contribution in [3.63, 3.8) is 0 Å². The van der Waals surface area contributed by atoms with Crippen molar-refractivity contribution in [2.45, 2.75) is 52.6 Å². The molecule has 1 spiro atoms. The smallest absolute Gasteiger partial charge is 0.312 e. The number of nitrogens with zero attached hydrogens (tertiary/aromatic N) is 3. The number of carbonyl (C=O) groups is 1. The van der Waals surface area contributed by atoms with E-state index in [0.717, 1.165) is 45.6 Å². The molecule has 0 aliphatic carbocycles. The van der Waals surface area contributed by atoms with E-state index in [0.29, 0.717) is 25.9 Å². The summed E-state index contributed by atoms with van der Waals surface area (Å²) in [7, 11) is -3.24. The molecule has 1 aromatic rings. The van der Waals surface area contributed by atoms with Crippen LogP contribution >= 0.6 is 0 Å². The highest BCUT2D eigenvalue weighted by molar-refractivity contribution is 7.89. The number of piperidine rings is 1. The number of sulfonamides is 1. The van der Waals surface area contributed by atoms with Crippen molar-refractivity contribution >= 4 is 21.7 Å². The fourth-order valence-electron chi connectivity index (χ4n) is 5.44. The molecule has 33 heavy (non-hydrogen) atoms. The van der Waals surface area contributed by atoms with Crippen LogP contribution in [0.25, 0.3) is 0 Å². The van der Waals surface area contributed by atoms with Crippen LogP contribution in [0.2, 0.25) is 0 Å². The molecule has 0 bridgehead atoms. The van der Waals surface area contributed by atoms with Crippen LogP contribution in [-0.4, -0.2) is 81.3 Å². The maximum absolute atomic E-state index is 12.8. The van der Waals surface area contributed by atoms with E-state index in [1.807, 2.05) is 13.8 Å². The molecular weight excluding hydrogens is 438 g/mol. The topological polar surface area (TPSA) is 70.2 Å². The lowest BCUT2D eigenvalue weighted by molar-refractivity contribution is -0.150. The molecule has 7 nitrogen and oxygen atoms in total. The Morgan fingerprint density at radius 1 is 1.03 bits per heavy atom. The molecule has 0 saturated carbocycles. The van der Waals surface area contributed by atoms with Gasteiger partial charge in [-0.05, 0) is 44.2 Å². The van der Waals surface area contributed by atoms with Crippen molar-refractivity contribution in [1.29, 1.82) is 0 Å². The lowest BCUT2D eigenvalue weighted by Crippen LogP contribution is -2.47. The highest BCUT2D eigenvalue weighted by atomic mass is 32.2. The third-order valence-electron chi connectivity index (χ3n) is 7.48. The molecule has 1 unspecified atom stereocenters. The SMILES string of the molecule is Cc1ccc(N2CCN(CCC3CC4(CCN(S(=O)(=O)CC(C)C)CC4)C(=O)O3)CC2)cc1. The number of hydrogen-bond donors (Lipinski definition) is 0. The van der Waals surface area contributed by atoms with Crippen LogP contribution in [0.15, 0.2) is 24.3 Å². The molecule has 8 heteroatoms. The van der Waals surface area contributed by atoms with Crippen molar-refractivity contribution in [2.24, 2.45) is 11.3 Å². The normalized spacial score (nSPS) is 24.5. The average molecular weight is 478 g/mol. The Hall–Kier alpha value is -1.64. The number of rotatable bonds is 7. The maximum Gasteiger partial charge on any atom is 0.312 e. The molecule has 1 atom stereocenters. The largest absolute Gasteiger partial charge is 0.462 e. The first kappa shape index (κ1) is 24.5. The molecule has 3 saturated heterocycles. The van der Waals surface area contributed by atoms with Gasteiger partial charge in [0, 0.05) is 57.9 Å². The second-order valence-corrected chi connectivity index (χ2v) is 12.5. The zero-order chi connectivity index (χ0) is 23.6. The van der Waals surface area contributed by atoms with Crippen LogP contribution < -0.4 is 4.90 Å². The van der Waals surface area contributed by atoms with Gasteiger partial charge >= 0.3 is 5.97 Å². The summed E-state index contributed by atoms with van der Waals surface area (Å²) in [6.45, 7) is 11.8. The van der Waals surface area contributed by atoms with E-state index in [2.05, 4.69) is 41.0 Å². The lowest BCUT2D eigenvalue weighted by Gasteiger charge is -2.37. The first-order valence-electron chi connectivity index (χ1n) is 12.4. The molecular formula is C25H39N3O4S. The predicted octanol–water partition coefficient (Wildman–Crippen LogP) is 2.89. The van der Waals surface area contributed by atoms with Crippen molar-refractivity contribution in [1.82, 2.24) is 9.21 Å². The first-order chi connectivity index (χ1) is 15.7. The highest BCUT2D eigenvalue weighted by Crippen LogP contribution is 2.44. The molecule has 3 aliphatic rings. The van der Waals surface area contributed by atoms with Gasteiger partial charge in [0.05, 0.1) is 11.2 Å². The Balaban J connectivity index is 1.22. The van der Waals surface area contributed by atoms with E-state index in [1.54, 1.807) is 4.31 Å². The monoisotopic (exact) mass is 477 g/mol. The summed E-state index contributed by atoms with van der Waals surface area (Å²) in [5.74, 6) is 0.160. The van der Waals surface area contributed by atoms with Crippen LogP contribution in [-0.2, 0) is 19.6 Å². The molecule has 3 aliphatic heterocycles. The summed E-state index contributed by atoms with van der Waals surface area (Å²) in [4.78, 5) is 17.7. The van der Waals surface area contributed by atoms with Gasteiger partial charge in [-0.1, -0.05) is 31.5 Å². The summed E-state index contributed by atoms with van der Waals surface area (Å²) in [6, 6.07) is 8.72. The fraction of sp³-hybridized carbons (Fsp3) is 0.720. The zero-order valence-corrected chi connectivity index (χ0v) is 21.1. The van der Waals surface area contributed by atoms with Gasteiger partial charge in [-0.25, -0.2) is 12.7 Å². The third-order valence-corrected chi connectivity index (χ3v) is 9.72. The number of hydrogen-bond acceptors (Lipinski definition) is 6. The number of ether oxygens (including phenoxy) is 1.